The zero-order valence-corrected chi connectivity index (χ0v) is 15.9. The van der Waals surface area contributed by atoms with Crippen molar-refractivity contribution in [2.24, 2.45) is 0 Å². The highest BCUT2D eigenvalue weighted by molar-refractivity contribution is 5.93. The predicted octanol–water partition coefficient (Wildman–Crippen LogP) is 5.03. The van der Waals surface area contributed by atoms with E-state index in [0.717, 1.165) is 12.1 Å². The monoisotopic (exact) mass is 460 g/mol. The lowest BCUT2D eigenvalue weighted by atomic mass is 10.1. The summed E-state index contributed by atoms with van der Waals surface area (Å²) in [5, 5.41) is 8.97. The molecule has 168 valence electrons. The van der Waals surface area contributed by atoms with Crippen LogP contribution in [0, 0.1) is 23.3 Å². The molecule has 0 bridgehead atoms. The Balaban J connectivity index is 2.15. The third-order valence-electron chi connectivity index (χ3n) is 3.96. The van der Waals surface area contributed by atoms with Crippen molar-refractivity contribution >= 4 is 17.5 Å². The van der Waals surface area contributed by atoms with Gasteiger partial charge < -0.3 is 10.1 Å². The average Bonchev–Trinajstić information content (AvgIpc) is 2.75. The summed E-state index contributed by atoms with van der Waals surface area (Å²) in [4.78, 5) is 15.9. The number of hydrogen-bond donors (Lipinski definition) is 1. The molecule has 0 saturated carbocycles. The highest BCUT2D eigenvalue weighted by atomic mass is 19.4. The van der Waals surface area contributed by atoms with Crippen LogP contribution >= 0.6 is 0 Å². The Hall–Kier alpha value is -3.77. The summed E-state index contributed by atoms with van der Waals surface area (Å²) in [7, 11) is 0. The molecule has 0 spiro atoms. The van der Waals surface area contributed by atoms with Crippen molar-refractivity contribution in [1.82, 2.24) is 15.2 Å². The van der Waals surface area contributed by atoms with Crippen molar-refractivity contribution in [2.45, 2.75) is 13.1 Å². The van der Waals surface area contributed by atoms with E-state index in [4.69, 9.17) is 4.74 Å². The van der Waals surface area contributed by atoms with Crippen molar-refractivity contribution in [3.8, 4) is 11.4 Å². The lowest BCUT2D eigenvalue weighted by Crippen LogP contribution is -2.15. The van der Waals surface area contributed by atoms with Crippen LogP contribution in [0.5, 0.6) is 0 Å². The second-order valence-electron chi connectivity index (χ2n) is 6.10. The fourth-order valence-corrected chi connectivity index (χ4v) is 2.51. The van der Waals surface area contributed by atoms with Crippen molar-refractivity contribution in [3.63, 3.8) is 0 Å². The molecule has 1 aromatic heterocycles. The number of nitrogens with one attached hydrogen (secondary N) is 1. The van der Waals surface area contributed by atoms with E-state index in [1.807, 2.05) is 5.32 Å². The number of carbonyl (C=O) groups is 1. The van der Waals surface area contributed by atoms with Crippen molar-refractivity contribution < 1.29 is 40.3 Å². The van der Waals surface area contributed by atoms with Crippen LogP contribution in [0.1, 0.15) is 23.0 Å². The number of carbonyl (C=O) groups excluding carboxylic acids is 1. The minimum absolute atomic E-state index is 0.0333. The Morgan fingerprint density at radius 1 is 1.03 bits per heavy atom. The number of anilines is 2. The van der Waals surface area contributed by atoms with E-state index in [2.05, 4.69) is 15.2 Å². The normalized spacial score (nSPS) is 11.4. The summed E-state index contributed by atoms with van der Waals surface area (Å²) in [6.45, 7) is 1.29. The molecule has 1 heterocycles. The molecule has 0 aliphatic carbocycles. The molecule has 0 amide bonds. The second-order valence-corrected chi connectivity index (χ2v) is 6.10. The molecule has 0 atom stereocenters. The number of rotatable bonds is 5. The van der Waals surface area contributed by atoms with Crippen molar-refractivity contribution in [1.29, 1.82) is 0 Å². The predicted molar refractivity (Wildman–Crippen MR) is 95.8 cm³/mol. The lowest BCUT2D eigenvalue weighted by Gasteiger charge is -2.13. The van der Waals surface area contributed by atoms with E-state index in [9.17, 15) is 35.5 Å². The molecule has 13 heteroatoms. The summed E-state index contributed by atoms with van der Waals surface area (Å²) in [5.41, 5.74) is -3.33. The molecule has 32 heavy (non-hydrogen) atoms. The molecule has 3 rings (SSSR count). The van der Waals surface area contributed by atoms with Gasteiger partial charge in [0, 0.05) is 11.6 Å². The summed E-state index contributed by atoms with van der Waals surface area (Å²) in [5.74, 6) is -9.56. The summed E-state index contributed by atoms with van der Waals surface area (Å²) < 4.78 is 98.9. The quantitative estimate of drug-likeness (QED) is 0.327. The van der Waals surface area contributed by atoms with Crippen LogP contribution < -0.4 is 5.32 Å². The van der Waals surface area contributed by atoms with Gasteiger partial charge in [-0.05, 0) is 19.1 Å². The Bertz CT molecular complexity index is 1160. The number of esters is 1. The van der Waals surface area contributed by atoms with Crippen LogP contribution in [0.25, 0.3) is 11.4 Å². The summed E-state index contributed by atoms with van der Waals surface area (Å²) in [6.07, 6.45) is -4.69. The Labute approximate surface area is 175 Å². The summed E-state index contributed by atoms with van der Waals surface area (Å²) >= 11 is 0. The number of halogens is 7. The smallest absolute Gasteiger partial charge is 0.416 e. The molecule has 6 nitrogen and oxygen atoms in total. The Morgan fingerprint density at radius 3 is 2.28 bits per heavy atom. The van der Waals surface area contributed by atoms with Gasteiger partial charge in [0.05, 0.1) is 12.2 Å². The fraction of sp³-hybridized carbons (Fsp3) is 0.158. The zero-order valence-electron chi connectivity index (χ0n) is 15.9. The first-order chi connectivity index (χ1) is 15.0. The van der Waals surface area contributed by atoms with Gasteiger partial charge in [-0.2, -0.15) is 13.2 Å². The summed E-state index contributed by atoms with van der Waals surface area (Å²) in [6, 6.07) is 3.66. The van der Waals surface area contributed by atoms with Crippen LogP contribution in [0.2, 0.25) is 0 Å². The van der Waals surface area contributed by atoms with Gasteiger partial charge in [-0.15, -0.1) is 10.2 Å². The molecular weight excluding hydrogens is 449 g/mol. The molecule has 0 unspecified atom stereocenters. The third kappa shape index (κ3) is 4.60. The van der Waals surface area contributed by atoms with E-state index >= 15 is 0 Å². The van der Waals surface area contributed by atoms with Gasteiger partial charge >= 0.3 is 12.1 Å². The van der Waals surface area contributed by atoms with Crippen LogP contribution in [-0.4, -0.2) is 27.8 Å². The van der Waals surface area contributed by atoms with E-state index in [1.165, 1.54) is 13.0 Å². The molecule has 0 fully saturated rings. The molecule has 3 aromatic rings. The third-order valence-corrected chi connectivity index (χ3v) is 3.96. The van der Waals surface area contributed by atoms with Crippen LogP contribution in [0.4, 0.5) is 42.2 Å². The first-order valence-electron chi connectivity index (χ1n) is 8.72. The van der Waals surface area contributed by atoms with E-state index in [1.54, 1.807) is 0 Å². The maximum absolute atomic E-state index is 14.1. The number of benzene rings is 2. The number of hydrogen-bond acceptors (Lipinski definition) is 6. The number of nitrogens with zero attached hydrogens (tertiary/aromatic N) is 3. The Morgan fingerprint density at radius 2 is 1.69 bits per heavy atom. The maximum atomic E-state index is 14.1. The molecule has 0 radical (unpaired) electrons. The standard InChI is InChI=1S/C19H11F7N4O2/c1-2-32-18(31)15-17(27-14-12(22)10(20)7-11(21)13(14)23)28-16(30-29-15)8-4-3-5-9(6-8)19(24,25)26/h3-7H,2H2,1H3,(H,27,28,30). The van der Waals surface area contributed by atoms with Crippen molar-refractivity contribution in [3.05, 3.63) is 64.9 Å². The van der Waals surface area contributed by atoms with Gasteiger partial charge in [-0.25, -0.2) is 27.3 Å². The highest BCUT2D eigenvalue weighted by Crippen LogP contribution is 2.32. The topological polar surface area (TPSA) is 77.0 Å². The fourth-order valence-electron chi connectivity index (χ4n) is 2.51. The minimum Gasteiger partial charge on any atom is -0.461 e. The van der Waals surface area contributed by atoms with Gasteiger partial charge in [-0.1, -0.05) is 12.1 Å². The number of aromatic nitrogens is 3. The van der Waals surface area contributed by atoms with Crippen LogP contribution in [0.15, 0.2) is 30.3 Å². The first kappa shape index (κ1) is 22.9. The molecule has 1 N–H and O–H groups in total. The minimum atomic E-state index is -4.69. The van der Waals surface area contributed by atoms with Gasteiger partial charge in [-0.3, -0.25) is 0 Å². The molecule has 2 aromatic carbocycles. The van der Waals surface area contributed by atoms with E-state index < -0.39 is 64.0 Å². The van der Waals surface area contributed by atoms with E-state index in [0.29, 0.717) is 6.07 Å². The largest absolute Gasteiger partial charge is 0.461 e. The highest BCUT2D eigenvalue weighted by Gasteiger charge is 2.31. The van der Waals surface area contributed by atoms with Gasteiger partial charge in [0.2, 0.25) is 5.69 Å². The first-order valence-corrected chi connectivity index (χ1v) is 8.72. The van der Waals surface area contributed by atoms with Crippen LogP contribution in [0.3, 0.4) is 0 Å². The van der Waals surface area contributed by atoms with Crippen LogP contribution in [-0.2, 0) is 10.9 Å². The molecule has 0 aliphatic heterocycles. The maximum Gasteiger partial charge on any atom is 0.416 e. The molecule has 0 saturated heterocycles. The van der Waals surface area contributed by atoms with E-state index in [-0.39, 0.29) is 18.2 Å². The van der Waals surface area contributed by atoms with Gasteiger partial charge in [0.25, 0.3) is 0 Å². The van der Waals surface area contributed by atoms with Gasteiger partial charge in [0.1, 0.15) is 5.69 Å². The van der Waals surface area contributed by atoms with Crippen molar-refractivity contribution in [2.75, 3.05) is 11.9 Å². The SMILES string of the molecule is CCOC(=O)c1nnc(-c2cccc(C(F)(F)F)c2)nc1Nc1c(F)c(F)cc(F)c1F. The average molecular weight is 460 g/mol. The lowest BCUT2D eigenvalue weighted by molar-refractivity contribution is -0.137. The van der Waals surface area contributed by atoms with Gasteiger partial charge in [0.15, 0.2) is 34.9 Å². The Kier molecular flexibility index (Phi) is 6.27. The number of alkyl halides is 3. The zero-order chi connectivity index (χ0) is 23.6. The molecule has 0 aliphatic rings. The molecular formula is C19H11F7N4O2. The number of ether oxygens (including phenoxy) is 1. The second kappa shape index (κ2) is 8.77.